The molecule has 1 unspecified atom stereocenters. The largest absolute Gasteiger partial charge is 0.444 e. The number of rotatable bonds is 5. The average molecular weight is 432 g/mol. The molecule has 2 amide bonds. The van der Waals surface area contributed by atoms with Gasteiger partial charge < -0.3 is 14.5 Å². The summed E-state index contributed by atoms with van der Waals surface area (Å²) in [6.07, 6.45) is 2.86. The Bertz CT molecular complexity index is 924. The number of aromatic nitrogens is 3. The normalized spacial score (nSPS) is 17.0. The molecule has 0 radical (unpaired) electrons. The predicted octanol–water partition coefficient (Wildman–Crippen LogP) is 3.33. The molecule has 1 aliphatic rings. The van der Waals surface area contributed by atoms with Crippen molar-refractivity contribution in [3.05, 3.63) is 47.5 Å². The van der Waals surface area contributed by atoms with Crippen LogP contribution in [0, 0.1) is 5.82 Å². The first kappa shape index (κ1) is 22.7. The predicted molar refractivity (Wildman–Crippen MR) is 113 cm³/mol. The van der Waals surface area contributed by atoms with Gasteiger partial charge in [-0.05, 0) is 44.9 Å². The van der Waals surface area contributed by atoms with E-state index >= 15 is 0 Å². The average Bonchev–Trinajstić information content (AvgIpc) is 3.15. The van der Waals surface area contributed by atoms with Crippen LogP contribution in [0.25, 0.3) is 0 Å². The summed E-state index contributed by atoms with van der Waals surface area (Å²) in [5, 5.41) is 8.05. The first-order valence-corrected chi connectivity index (χ1v) is 10.6. The molecular formula is C22H30FN5O3. The summed E-state index contributed by atoms with van der Waals surface area (Å²) in [4.78, 5) is 29.0. The summed E-state index contributed by atoms with van der Waals surface area (Å²) in [5.74, 6) is -0.535. The maximum Gasteiger partial charge on any atom is 0.410 e. The van der Waals surface area contributed by atoms with Crippen LogP contribution in [0.3, 0.4) is 0 Å². The second-order valence-corrected chi connectivity index (χ2v) is 8.80. The third-order valence-electron chi connectivity index (χ3n) is 5.01. The van der Waals surface area contributed by atoms with E-state index in [1.54, 1.807) is 28.1 Å². The molecule has 0 N–H and O–H groups in total. The molecule has 2 heterocycles. The van der Waals surface area contributed by atoms with Gasteiger partial charge >= 0.3 is 6.09 Å². The highest BCUT2D eigenvalue weighted by Gasteiger charge is 2.35. The molecule has 3 rings (SSSR count). The van der Waals surface area contributed by atoms with Crippen molar-refractivity contribution in [1.82, 2.24) is 24.8 Å². The topological polar surface area (TPSA) is 80.6 Å². The van der Waals surface area contributed by atoms with Gasteiger partial charge in [0.25, 0.3) is 5.91 Å². The second-order valence-electron chi connectivity index (χ2n) is 8.80. The maximum atomic E-state index is 13.4. The standard InChI is InChI=1S/C22H30FN5O3/c1-5-7-18-14-26(21(30)31-22(2,3)4)10-11-28(18)20(29)19-15-27(25-24-19)13-16-8-6-9-17(23)12-16/h6,8-9,12,15,18H,5,7,10-11,13-14H2,1-4H3. The van der Waals surface area contributed by atoms with Crippen molar-refractivity contribution in [2.45, 2.75) is 58.7 Å². The van der Waals surface area contributed by atoms with Crippen molar-refractivity contribution in [3.8, 4) is 0 Å². The fourth-order valence-corrected chi connectivity index (χ4v) is 3.64. The lowest BCUT2D eigenvalue weighted by Gasteiger charge is -2.41. The van der Waals surface area contributed by atoms with E-state index in [1.165, 1.54) is 16.8 Å². The van der Waals surface area contributed by atoms with Crippen molar-refractivity contribution in [1.29, 1.82) is 0 Å². The van der Waals surface area contributed by atoms with Crippen LogP contribution in [0.2, 0.25) is 0 Å². The molecule has 8 nitrogen and oxygen atoms in total. The molecule has 1 atom stereocenters. The van der Waals surface area contributed by atoms with Crippen LogP contribution in [0.15, 0.2) is 30.5 Å². The van der Waals surface area contributed by atoms with Gasteiger partial charge in [-0.25, -0.2) is 13.9 Å². The number of nitrogens with zero attached hydrogens (tertiary/aromatic N) is 5. The van der Waals surface area contributed by atoms with Gasteiger partial charge in [0.05, 0.1) is 12.7 Å². The van der Waals surface area contributed by atoms with E-state index in [4.69, 9.17) is 4.74 Å². The van der Waals surface area contributed by atoms with Crippen molar-refractivity contribution in [3.63, 3.8) is 0 Å². The van der Waals surface area contributed by atoms with E-state index in [9.17, 15) is 14.0 Å². The fourth-order valence-electron chi connectivity index (χ4n) is 3.64. The minimum Gasteiger partial charge on any atom is -0.444 e. The number of piperazine rings is 1. The van der Waals surface area contributed by atoms with Crippen LogP contribution in [0.1, 0.15) is 56.6 Å². The van der Waals surface area contributed by atoms with Gasteiger partial charge in [-0.15, -0.1) is 5.10 Å². The maximum absolute atomic E-state index is 13.4. The van der Waals surface area contributed by atoms with Crippen LogP contribution in [0.5, 0.6) is 0 Å². The molecular weight excluding hydrogens is 401 g/mol. The molecule has 1 aliphatic heterocycles. The van der Waals surface area contributed by atoms with E-state index in [-0.39, 0.29) is 29.6 Å². The van der Waals surface area contributed by atoms with Gasteiger partial charge in [0, 0.05) is 25.7 Å². The first-order chi connectivity index (χ1) is 14.7. The smallest absolute Gasteiger partial charge is 0.410 e. The Morgan fingerprint density at radius 2 is 2.03 bits per heavy atom. The molecule has 168 valence electrons. The van der Waals surface area contributed by atoms with Gasteiger partial charge in [0.15, 0.2) is 5.69 Å². The number of carbonyl (C=O) groups is 2. The lowest BCUT2D eigenvalue weighted by Crippen LogP contribution is -2.57. The highest BCUT2D eigenvalue weighted by molar-refractivity contribution is 5.92. The molecule has 0 aliphatic carbocycles. The van der Waals surface area contributed by atoms with Crippen LogP contribution >= 0.6 is 0 Å². The molecule has 9 heteroatoms. The lowest BCUT2D eigenvalue weighted by molar-refractivity contribution is 0.00328. The number of halogens is 1. The first-order valence-electron chi connectivity index (χ1n) is 10.6. The fraction of sp³-hybridized carbons (Fsp3) is 0.545. The van der Waals surface area contributed by atoms with E-state index in [0.717, 1.165) is 18.4 Å². The zero-order chi connectivity index (χ0) is 22.6. The van der Waals surface area contributed by atoms with Gasteiger partial charge in [-0.3, -0.25) is 4.79 Å². The highest BCUT2D eigenvalue weighted by atomic mass is 19.1. The molecule has 2 aromatic rings. The summed E-state index contributed by atoms with van der Waals surface area (Å²) in [6, 6.07) is 6.11. The van der Waals surface area contributed by atoms with Crippen LogP contribution in [0.4, 0.5) is 9.18 Å². The van der Waals surface area contributed by atoms with Gasteiger partial charge in [-0.2, -0.15) is 0 Å². The summed E-state index contributed by atoms with van der Waals surface area (Å²) in [7, 11) is 0. The Labute approximate surface area is 182 Å². The summed E-state index contributed by atoms with van der Waals surface area (Å²) in [6.45, 7) is 9.10. The van der Waals surface area contributed by atoms with E-state index < -0.39 is 5.60 Å². The minimum absolute atomic E-state index is 0.118. The number of hydrogen-bond acceptors (Lipinski definition) is 5. The highest BCUT2D eigenvalue weighted by Crippen LogP contribution is 2.20. The summed E-state index contributed by atoms with van der Waals surface area (Å²) in [5.41, 5.74) is 0.409. The Kier molecular flexibility index (Phi) is 6.92. The molecule has 31 heavy (non-hydrogen) atoms. The van der Waals surface area contributed by atoms with E-state index in [1.807, 2.05) is 27.7 Å². The quantitative estimate of drug-likeness (QED) is 0.726. The number of amides is 2. The summed E-state index contributed by atoms with van der Waals surface area (Å²) >= 11 is 0. The molecule has 1 fully saturated rings. The number of benzene rings is 1. The molecule has 1 aromatic heterocycles. The molecule has 1 saturated heterocycles. The molecule has 0 spiro atoms. The Balaban J connectivity index is 1.68. The third-order valence-corrected chi connectivity index (χ3v) is 5.01. The third kappa shape index (κ3) is 6.02. The molecule has 0 bridgehead atoms. The minimum atomic E-state index is -0.565. The Morgan fingerprint density at radius 3 is 2.71 bits per heavy atom. The SMILES string of the molecule is CCCC1CN(C(=O)OC(C)(C)C)CCN1C(=O)c1cn(Cc2cccc(F)c2)nn1. The Morgan fingerprint density at radius 1 is 1.26 bits per heavy atom. The van der Waals surface area contributed by atoms with Crippen molar-refractivity contribution >= 4 is 12.0 Å². The van der Waals surface area contributed by atoms with Crippen LogP contribution < -0.4 is 0 Å². The van der Waals surface area contributed by atoms with Crippen LogP contribution in [-0.2, 0) is 11.3 Å². The van der Waals surface area contributed by atoms with E-state index in [0.29, 0.717) is 26.2 Å². The van der Waals surface area contributed by atoms with E-state index in [2.05, 4.69) is 10.3 Å². The number of hydrogen-bond donors (Lipinski definition) is 0. The molecule has 0 saturated carbocycles. The van der Waals surface area contributed by atoms with Crippen LogP contribution in [-0.4, -0.2) is 68.1 Å². The molecule has 1 aromatic carbocycles. The number of carbonyl (C=O) groups excluding carboxylic acids is 2. The monoisotopic (exact) mass is 431 g/mol. The van der Waals surface area contributed by atoms with Crippen molar-refractivity contribution < 1.29 is 18.7 Å². The van der Waals surface area contributed by atoms with Gasteiger partial charge in [-0.1, -0.05) is 30.7 Å². The lowest BCUT2D eigenvalue weighted by atomic mass is 10.1. The zero-order valence-corrected chi connectivity index (χ0v) is 18.5. The zero-order valence-electron chi connectivity index (χ0n) is 18.5. The van der Waals surface area contributed by atoms with Crippen molar-refractivity contribution in [2.24, 2.45) is 0 Å². The summed E-state index contributed by atoms with van der Waals surface area (Å²) < 4.78 is 20.4. The van der Waals surface area contributed by atoms with Gasteiger partial charge in [0.2, 0.25) is 0 Å². The second kappa shape index (κ2) is 9.45. The number of ether oxygens (including phenoxy) is 1. The van der Waals surface area contributed by atoms with Crippen molar-refractivity contribution in [2.75, 3.05) is 19.6 Å². The Hall–Kier alpha value is -2.97. The van der Waals surface area contributed by atoms with Gasteiger partial charge in [0.1, 0.15) is 11.4 Å².